The van der Waals surface area contributed by atoms with Crippen molar-refractivity contribution >= 4 is 29.1 Å². The molecule has 0 aromatic heterocycles. The summed E-state index contributed by atoms with van der Waals surface area (Å²) in [6.45, 7) is 6.53. The first-order chi connectivity index (χ1) is 22.1. The molecule has 1 unspecified atom stereocenters. The smallest absolute Gasteiger partial charge is 0.344 e. The monoisotopic (exact) mass is 654 g/mol. The van der Waals surface area contributed by atoms with Crippen LogP contribution >= 0.6 is 0 Å². The summed E-state index contributed by atoms with van der Waals surface area (Å²) in [6.07, 6.45) is 4.29. The molecule has 4 aliphatic carbocycles. The first-order valence-corrected chi connectivity index (χ1v) is 16.2. The van der Waals surface area contributed by atoms with Crippen molar-refractivity contribution in [1.29, 1.82) is 0 Å². The number of allylic oxidation sites excluding steroid dienone is 4. The maximum absolute atomic E-state index is 17.4. The van der Waals surface area contributed by atoms with Gasteiger partial charge in [0, 0.05) is 29.9 Å². The van der Waals surface area contributed by atoms with Crippen LogP contribution in [-0.2, 0) is 23.9 Å². The van der Waals surface area contributed by atoms with Gasteiger partial charge < -0.3 is 35.1 Å². The molecule has 6 rings (SSSR count). The predicted molar refractivity (Wildman–Crippen MR) is 168 cm³/mol. The van der Waals surface area contributed by atoms with Crippen LogP contribution in [-0.4, -0.2) is 78.4 Å². The van der Waals surface area contributed by atoms with Gasteiger partial charge in [0.05, 0.1) is 32.1 Å². The number of nitrogens with two attached hydrogens (primary N) is 1. The van der Waals surface area contributed by atoms with Crippen LogP contribution in [0.2, 0.25) is 0 Å². The Morgan fingerprint density at radius 1 is 1.19 bits per heavy atom. The molecule has 5 aliphatic rings. The number of benzene rings is 1. The molecule has 1 heterocycles. The summed E-state index contributed by atoms with van der Waals surface area (Å²) in [4.78, 5) is 52.5. The maximum atomic E-state index is 17.4. The average Bonchev–Trinajstić information content (AvgIpc) is 3.64. The molecule has 254 valence electrons. The van der Waals surface area contributed by atoms with Crippen molar-refractivity contribution in [2.45, 2.75) is 82.4 Å². The zero-order valence-electron chi connectivity index (χ0n) is 27.6. The molecule has 9 atom stereocenters. The second kappa shape index (κ2) is 11.2. The van der Waals surface area contributed by atoms with Gasteiger partial charge in [0.25, 0.3) is 0 Å². The molecular formula is C35H43FN2O9. The third-order valence-electron chi connectivity index (χ3n) is 11.7. The number of alkyl halides is 1. The topological polar surface area (TPSA) is 167 Å². The first-order valence-electron chi connectivity index (χ1n) is 16.2. The SMILES string of the molecule is COc1cc(NC(=O)[C@@H](N)C(C)C)c(C(=O)OCC(=O)[C@]23O[C@@]24C[C@H](O)[C@@]2(F)[C@@H](CCC5=CC(=O)C=C[C@@]52C)C4C[C@H]3C)c(OC)c1. The molecule has 1 amide bonds. The Morgan fingerprint density at radius 3 is 2.57 bits per heavy atom. The molecular weight excluding hydrogens is 611 g/mol. The lowest BCUT2D eigenvalue weighted by atomic mass is 9.48. The van der Waals surface area contributed by atoms with Gasteiger partial charge in [-0.2, -0.15) is 0 Å². The van der Waals surface area contributed by atoms with Gasteiger partial charge in [-0.05, 0) is 56.1 Å². The molecule has 3 saturated carbocycles. The van der Waals surface area contributed by atoms with Crippen LogP contribution in [0.3, 0.4) is 0 Å². The lowest BCUT2D eigenvalue weighted by Crippen LogP contribution is -2.66. The third-order valence-corrected chi connectivity index (χ3v) is 11.7. The maximum Gasteiger partial charge on any atom is 0.344 e. The number of ether oxygens (including phenoxy) is 4. The van der Waals surface area contributed by atoms with Crippen molar-refractivity contribution < 1.29 is 47.6 Å². The summed E-state index contributed by atoms with van der Waals surface area (Å²) >= 11 is 0. The van der Waals surface area contributed by atoms with Crippen molar-refractivity contribution in [2.24, 2.45) is 34.8 Å². The van der Waals surface area contributed by atoms with Crippen LogP contribution in [0.25, 0.3) is 0 Å². The van der Waals surface area contributed by atoms with Gasteiger partial charge in [-0.25, -0.2) is 9.18 Å². The minimum Gasteiger partial charge on any atom is -0.497 e. The van der Waals surface area contributed by atoms with Gasteiger partial charge >= 0.3 is 5.97 Å². The molecule has 47 heavy (non-hydrogen) atoms. The summed E-state index contributed by atoms with van der Waals surface area (Å²) in [6, 6.07) is 2.02. The molecule has 0 radical (unpaired) electrons. The number of nitrogens with one attached hydrogen (secondary N) is 1. The number of fused-ring (bicyclic) bond motifs is 4. The molecule has 1 aromatic carbocycles. The number of ketones is 2. The normalized spacial score (nSPS) is 37.1. The molecule has 1 saturated heterocycles. The largest absolute Gasteiger partial charge is 0.497 e. The number of rotatable bonds is 9. The quantitative estimate of drug-likeness (QED) is 0.265. The number of halogens is 1. The van der Waals surface area contributed by atoms with Gasteiger partial charge in [-0.3, -0.25) is 14.4 Å². The van der Waals surface area contributed by atoms with E-state index in [-0.39, 0.29) is 47.0 Å². The number of aliphatic hydroxyl groups is 1. The molecule has 4 N–H and O–H groups in total. The Morgan fingerprint density at radius 2 is 1.91 bits per heavy atom. The van der Waals surface area contributed by atoms with Crippen LogP contribution < -0.4 is 20.5 Å². The standard InChI is InChI=1S/C35H43FN2O9/c1-17(2)29(37)30(42)38-24-13-21(44-5)14-25(45-6)28(24)31(43)46-16-27(41)35-18(3)11-23-22-8-7-19-12-20(39)9-10-32(19,4)34(22,36)26(40)15-33(23,35)47-35/h9-10,12-14,17-18,22-23,26,29,40H,7-8,11,15-16,37H2,1-6H3,(H,38,42)/t18-,22+,23?,26+,29+,32+,33-,34+,35+/m1/s1. The fourth-order valence-corrected chi connectivity index (χ4v) is 9.14. The number of anilines is 1. The highest BCUT2D eigenvalue weighted by molar-refractivity contribution is 6.06. The second-order valence-electron chi connectivity index (χ2n) is 14.2. The molecule has 1 aromatic rings. The minimum atomic E-state index is -2.05. The van der Waals surface area contributed by atoms with Gasteiger partial charge in [-0.1, -0.05) is 32.4 Å². The average molecular weight is 655 g/mol. The Kier molecular flexibility index (Phi) is 7.96. The van der Waals surface area contributed by atoms with Crippen molar-refractivity contribution in [3.05, 3.63) is 41.5 Å². The van der Waals surface area contributed by atoms with Crippen molar-refractivity contribution in [3.8, 4) is 11.5 Å². The summed E-state index contributed by atoms with van der Waals surface area (Å²) in [7, 11) is 2.76. The number of hydrogen-bond acceptors (Lipinski definition) is 10. The van der Waals surface area contributed by atoms with Crippen molar-refractivity contribution in [2.75, 3.05) is 26.1 Å². The van der Waals surface area contributed by atoms with Crippen LogP contribution in [0.1, 0.15) is 63.7 Å². The molecule has 12 heteroatoms. The van der Waals surface area contributed by atoms with E-state index >= 15 is 4.39 Å². The Hall–Kier alpha value is -3.61. The van der Waals surface area contributed by atoms with Crippen LogP contribution in [0.5, 0.6) is 11.5 Å². The zero-order chi connectivity index (χ0) is 34.3. The van der Waals surface area contributed by atoms with Gasteiger partial charge in [0.1, 0.15) is 22.7 Å². The number of amides is 1. The Labute approximate surface area is 273 Å². The summed E-state index contributed by atoms with van der Waals surface area (Å²) in [5, 5.41) is 14.2. The highest BCUT2D eigenvalue weighted by Gasteiger charge is 2.88. The fourth-order valence-electron chi connectivity index (χ4n) is 9.14. The van der Waals surface area contributed by atoms with E-state index in [1.165, 1.54) is 38.5 Å². The highest BCUT2D eigenvalue weighted by atomic mass is 19.1. The van der Waals surface area contributed by atoms with E-state index in [1.807, 2.05) is 6.92 Å². The molecule has 1 aliphatic heterocycles. The van der Waals surface area contributed by atoms with Crippen LogP contribution in [0.4, 0.5) is 10.1 Å². The van der Waals surface area contributed by atoms with Crippen LogP contribution in [0, 0.1) is 29.1 Å². The van der Waals surface area contributed by atoms with E-state index in [2.05, 4.69) is 5.32 Å². The van der Waals surface area contributed by atoms with E-state index < -0.39 is 64.6 Å². The predicted octanol–water partition coefficient (Wildman–Crippen LogP) is 3.47. The van der Waals surface area contributed by atoms with E-state index in [9.17, 15) is 24.3 Å². The number of methoxy groups -OCH3 is 2. The van der Waals surface area contributed by atoms with E-state index in [0.29, 0.717) is 30.6 Å². The van der Waals surface area contributed by atoms with Crippen molar-refractivity contribution in [3.63, 3.8) is 0 Å². The Bertz CT molecular complexity index is 1610. The van der Waals surface area contributed by atoms with E-state index in [0.717, 1.165) is 0 Å². The summed E-state index contributed by atoms with van der Waals surface area (Å²) in [5.41, 5.74) is 0.967. The first kappa shape index (κ1) is 33.3. The third kappa shape index (κ3) is 4.54. The number of carbonyl (C=O) groups excluding carboxylic acids is 4. The Balaban J connectivity index is 1.24. The lowest BCUT2D eigenvalue weighted by molar-refractivity contribution is -0.179. The molecule has 4 fully saturated rings. The number of esters is 1. The number of aliphatic hydroxyl groups excluding tert-OH is 1. The van der Waals surface area contributed by atoms with Crippen LogP contribution in [0.15, 0.2) is 35.9 Å². The highest BCUT2D eigenvalue weighted by Crippen LogP contribution is 2.76. The minimum absolute atomic E-state index is 0.0405. The number of hydrogen-bond donors (Lipinski definition) is 3. The lowest BCUT2D eigenvalue weighted by Gasteiger charge is -2.59. The van der Waals surface area contributed by atoms with E-state index in [4.69, 9.17) is 24.7 Å². The van der Waals surface area contributed by atoms with Crippen molar-refractivity contribution in [1.82, 2.24) is 0 Å². The number of carbonyl (C=O) groups is 4. The van der Waals surface area contributed by atoms with Gasteiger partial charge in [0.15, 0.2) is 23.7 Å². The van der Waals surface area contributed by atoms with Gasteiger partial charge in [-0.15, -0.1) is 0 Å². The summed E-state index contributed by atoms with van der Waals surface area (Å²) < 4.78 is 40.0. The van der Waals surface area contributed by atoms with Gasteiger partial charge in [0.2, 0.25) is 11.7 Å². The number of epoxide rings is 1. The zero-order valence-corrected chi connectivity index (χ0v) is 27.6. The molecule has 0 bridgehead atoms. The second-order valence-corrected chi connectivity index (χ2v) is 14.2. The van der Waals surface area contributed by atoms with E-state index in [1.54, 1.807) is 26.8 Å². The summed E-state index contributed by atoms with van der Waals surface area (Å²) in [5.74, 6) is -3.27. The fraction of sp³-hybridized carbons (Fsp3) is 0.600. The molecule has 11 nitrogen and oxygen atoms in total. The number of Topliss-reactive ketones (excluding diaryl/α,β-unsaturated/α-hetero) is 1. The molecule has 1 spiro atoms.